The lowest BCUT2D eigenvalue weighted by atomic mass is 10.1. The Morgan fingerprint density at radius 3 is 2.35 bits per heavy atom. The van der Waals surface area contributed by atoms with Gasteiger partial charge in [0.1, 0.15) is 0 Å². The number of benzene rings is 3. The zero-order valence-electron chi connectivity index (χ0n) is 17.0. The highest BCUT2D eigenvalue weighted by Crippen LogP contribution is 2.40. The monoisotopic (exact) mass is 513 g/mol. The standard InChI is InChI=1S/C24H20BrNO3S2/c1-15-4-3-5-16(2)20(15)14-31(28,29)19-10-11-21-22(13-19)30-23(24(27)26-21)12-17-6-8-18(25)9-7-17/h3-13H,14H2,1-2H3,(H,26,27)/b23-12+. The molecule has 1 amide bonds. The van der Waals surface area contributed by atoms with Crippen LogP contribution in [-0.2, 0) is 20.4 Å². The van der Waals surface area contributed by atoms with Crippen LogP contribution >= 0.6 is 27.7 Å². The van der Waals surface area contributed by atoms with Crippen molar-refractivity contribution in [2.75, 3.05) is 5.32 Å². The molecule has 1 heterocycles. The van der Waals surface area contributed by atoms with Gasteiger partial charge in [0, 0.05) is 9.37 Å². The highest BCUT2D eigenvalue weighted by molar-refractivity contribution is 9.10. The third-order valence-electron chi connectivity index (χ3n) is 5.15. The van der Waals surface area contributed by atoms with Crippen molar-refractivity contribution in [1.82, 2.24) is 0 Å². The van der Waals surface area contributed by atoms with Gasteiger partial charge in [0.25, 0.3) is 5.91 Å². The number of sulfone groups is 1. The van der Waals surface area contributed by atoms with Crippen LogP contribution in [0.2, 0.25) is 0 Å². The maximum atomic E-state index is 13.1. The average Bonchev–Trinajstić information content (AvgIpc) is 2.73. The van der Waals surface area contributed by atoms with E-state index in [0.29, 0.717) is 15.5 Å². The summed E-state index contributed by atoms with van der Waals surface area (Å²) in [6, 6.07) is 18.3. The molecule has 0 aliphatic carbocycles. The van der Waals surface area contributed by atoms with E-state index in [4.69, 9.17) is 0 Å². The second-order valence-corrected chi connectivity index (χ2v) is 11.4. The Morgan fingerprint density at radius 1 is 1.00 bits per heavy atom. The molecule has 1 N–H and O–H groups in total. The Hall–Kier alpha value is -2.35. The molecule has 0 atom stereocenters. The lowest BCUT2D eigenvalue weighted by Gasteiger charge is -2.20. The van der Waals surface area contributed by atoms with Crippen LogP contribution < -0.4 is 5.32 Å². The number of hydrogen-bond donors (Lipinski definition) is 1. The highest BCUT2D eigenvalue weighted by Gasteiger charge is 2.25. The molecule has 3 aromatic rings. The van der Waals surface area contributed by atoms with E-state index < -0.39 is 9.84 Å². The fourth-order valence-electron chi connectivity index (χ4n) is 3.39. The minimum Gasteiger partial charge on any atom is -0.320 e. The van der Waals surface area contributed by atoms with Gasteiger partial charge in [0.2, 0.25) is 0 Å². The van der Waals surface area contributed by atoms with Gasteiger partial charge in [-0.2, -0.15) is 0 Å². The van der Waals surface area contributed by atoms with Gasteiger partial charge in [-0.15, -0.1) is 0 Å². The summed E-state index contributed by atoms with van der Waals surface area (Å²) in [6.07, 6.45) is 1.80. The molecule has 4 rings (SSSR count). The summed E-state index contributed by atoms with van der Waals surface area (Å²) in [6.45, 7) is 3.85. The Balaban J connectivity index is 1.65. The van der Waals surface area contributed by atoms with Crippen molar-refractivity contribution >= 4 is 55.2 Å². The van der Waals surface area contributed by atoms with E-state index in [1.54, 1.807) is 24.3 Å². The predicted molar refractivity (Wildman–Crippen MR) is 130 cm³/mol. The lowest BCUT2D eigenvalue weighted by Crippen LogP contribution is -2.17. The number of carbonyl (C=O) groups is 1. The number of hydrogen-bond acceptors (Lipinski definition) is 4. The second kappa shape index (κ2) is 8.65. The molecule has 0 saturated heterocycles. The number of aryl methyl sites for hydroxylation is 2. The number of fused-ring (bicyclic) bond motifs is 1. The Bertz CT molecular complexity index is 1290. The van der Waals surface area contributed by atoms with Crippen LogP contribution in [0.25, 0.3) is 6.08 Å². The molecule has 31 heavy (non-hydrogen) atoms. The SMILES string of the molecule is Cc1cccc(C)c1CS(=O)(=O)c1ccc2c(c1)S/C(=C/c1ccc(Br)cc1)C(=O)N2. The van der Waals surface area contributed by atoms with Gasteiger partial charge in [-0.25, -0.2) is 8.42 Å². The molecule has 3 aromatic carbocycles. The minimum absolute atomic E-state index is 0.0527. The van der Waals surface area contributed by atoms with Crippen LogP contribution in [0.1, 0.15) is 22.3 Å². The molecule has 0 unspecified atom stereocenters. The molecule has 0 fully saturated rings. The molecule has 1 aliphatic rings. The molecule has 0 aromatic heterocycles. The molecular weight excluding hydrogens is 494 g/mol. The van der Waals surface area contributed by atoms with Crippen LogP contribution in [0.4, 0.5) is 5.69 Å². The molecule has 4 nitrogen and oxygen atoms in total. The lowest BCUT2D eigenvalue weighted by molar-refractivity contribution is -0.112. The summed E-state index contributed by atoms with van der Waals surface area (Å²) in [5.41, 5.74) is 4.26. The van der Waals surface area contributed by atoms with E-state index in [9.17, 15) is 13.2 Å². The normalized spacial score (nSPS) is 14.9. The van der Waals surface area contributed by atoms with Crippen LogP contribution in [0.3, 0.4) is 0 Å². The minimum atomic E-state index is -3.54. The van der Waals surface area contributed by atoms with Crippen molar-refractivity contribution in [2.45, 2.75) is 29.4 Å². The number of nitrogens with one attached hydrogen (secondary N) is 1. The number of anilines is 1. The van der Waals surface area contributed by atoms with Gasteiger partial charge in [0.15, 0.2) is 9.84 Å². The molecule has 0 bridgehead atoms. The first-order chi connectivity index (χ1) is 14.7. The molecule has 0 radical (unpaired) electrons. The largest absolute Gasteiger partial charge is 0.320 e. The topological polar surface area (TPSA) is 63.2 Å². The average molecular weight is 514 g/mol. The maximum Gasteiger partial charge on any atom is 0.262 e. The van der Waals surface area contributed by atoms with Crippen molar-refractivity contribution in [2.24, 2.45) is 0 Å². The molecule has 0 spiro atoms. The van der Waals surface area contributed by atoms with Crippen LogP contribution in [0.15, 0.2) is 79.8 Å². The van der Waals surface area contributed by atoms with E-state index in [0.717, 1.165) is 26.7 Å². The first kappa shape index (κ1) is 21.9. The third kappa shape index (κ3) is 4.79. The van der Waals surface area contributed by atoms with Crippen molar-refractivity contribution in [3.63, 3.8) is 0 Å². The number of rotatable bonds is 4. The van der Waals surface area contributed by atoms with Gasteiger partial charge >= 0.3 is 0 Å². The summed E-state index contributed by atoms with van der Waals surface area (Å²) in [5.74, 6) is -0.255. The zero-order valence-corrected chi connectivity index (χ0v) is 20.2. The van der Waals surface area contributed by atoms with E-state index >= 15 is 0 Å². The second-order valence-electron chi connectivity index (χ2n) is 7.40. The molecule has 7 heteroatoms. The summed E-state index contributed by atoms with van der Waals surface area (Å²) in [5, 5.41) is 2.86. The Morgan fingerprint density at radius 2 is 1.68 bits per heavy atom. The van der Waals surface area contributed by atoms with Gasteiger partial charge < -0.3 is 5.32 Å². The van der Waals surface area contributed by atoms with Crippen LogP contribution in [-0.4, -0.2) is 14.3 Å². The quantitative estimate of drug-likeness (QED) is 0.426. The van der Waals surface area contributed by atoms with E-state index in [-0.39, 0.29) is 16.6 Å². The molecule has 0 saturated carbocycles. The first-order valence-electron chi connectivity index (χ1n) is 9.61. The van der Waals surface area contributed by atoms with Crippen LogP contribution in [0.5, 0.6) is 0 Å². The number of carbonyl (C=O) groups excluding carboxylic acids is 1. The fourth-order valence-corrected chi connectivity index (χ4v) is 6.29. The molecule has 1 aliphatic heterocycles. The van der Waals surface area contributed by atoms with Crippen molar-refractivity contribution in [3.8, 4) is 0 Å². The van der Waals surface area contributed by atoms with Crippen molar-refractivity contribution < 1.29 is 13.2 Å². The van der Waals surface area contributed by atoms with Gasteiger partial charge in [0.05, 0.1) is 21.2 Å². The number of halogens is 1. The summed E-state index contributed by atoms with van der Waals surface area (Å²) in [4.78, 5) is 14.0. The van der Waals surface area contributed by atoms with Crippen molar-refractivity contribution in [3.05, 3.63) is 92.3 Å². The van der Waals surface area contributed by atoms with Gasteiger partial charge in [-0.3, -0.25) is 4.79 Å². The van der Waals surface area contributed by atoms with E-state index in [2.05, 4.69) is 21.2 Å². The summed E-state index contributed by atoms with van der Waals surface area (Å²) >= 11 is 4.68. The highest BCUT2D eigenvalue weighted by atomic mass is 79.9. The predicted octanol–water partition coefficient (Wildman–Crippen LogP) is 6.13. The van der Waals surface area contributed by atoms with Gasteiger partial charge in [-0.05, 0) is 72.5 Å². The summed E-state index contributed by atoms with van der Waals surface area (Å²) in [7, 11) is -3.54. The number of thioether (sulfide) groups is 1. The van der Waals surface area contributed by atoms with Crippen molar-refractivity contribution in [1.29, 1.82) is 0 Å². The smallest absolute Gasteiger partial charge is 0.262 e. The van der Waals surface area contributed by atoms with E-state index in [1.807, 2.05) is 56.3 Å². The summed E-state index contributed by atoms with van der Waals surface area (Å²) < 4.78 is 27.2. The fraction of sp³-hybridized carbons (Fsp3) is 0.125. The molecular formula is C24H20BrNO3S2. The first-order valence-corrected chi connectivity index (χ1v) is 12.9. The zero-order chi connectivity index (χ0) is 22.2. The van der Waals surface area contributed by atoms with Crippen LogP contribution in [0, 0.1) is 13.8 Å². The third-order valence-corrected chi connectivity index (χ3v) is 8.40. The molecule has 158 valence electrons. The Labute approximate surface area is 194 Å². The Kier molecular flexibility index (Phi) is 6.10. The van der Waals surface area contributed by atoms with E-state index in [1.165, 1.54) is 11.8 Å². The number of amides is 1. The maximum absolute atomic E-state index is 13.1. The van der Waals surface area contributed by atoms with Gasteiger partial charge in [-0.1, -0.05) is 58.0 Å².